The molecule has 0 aromatic heterocycles. The smallest absolute Gasteiger partial charge is 0.409 e. The van der Waals surface area contributed by atoms with Crippen molar-refractivity contribution in [2.24, 2.45) is 5.73 Å². The van der Waals surface area contributed by atoms with E-state index in [0.717, 1.165) is 36.5 Å². The maximum absolute atomic E-state index is 10.1. The maximum atomic E-state index is 10.1. The lowest BCUT2D eigenvalue weighted by Crippen LogP contribution is -2.09. The average molecular weight is 468 g/mol. The van der Waals surface area contributed by atoms with Gasteiger partial charge in [-0.2, -0.15) is 0 Å². The molecule has 2 N–H and O–H groups in total. The summed E-state index contributed by atoms with van der Waals surface area (Å²) in [6.07, 6.45) is 3.76. The number of amides is 1. The van der Waals surface area contributed by atoms with Crippen molar-refractivity contribution in [2.45, 2.75) is 53.4 Å². The van der Waals surface area contributed by atoms with Crippen molar-refractivity contribution < 1.29 is 18.4 Å². The summed E-state index contributed by atoms with van der Waals surface area (Å²) in [6.45, 7) is 8.22. The molecule has 0 aliphatic carbocycles. The highest BCUT2D eigenvalue weighted by Gasteiger charge is 2.19. The predicted molar refractivity (Wildman–Crippen MR) is 136 cm³/mol. The molecule has 0 bridgehead atoms. The van der Waals surface area contributed by atoms with Crippen LogP contribution < -0.4 is 19.3 Å². The zero-order chi connectivity index (χ0) is 24.1. The molecule has 0 spiro atoms. The molecule has 176 valence electrons. The van der Waals surface area contributed by atoms with Gasteiger partial charge in [0.25, 0.3) is 0 Å². The third-order valence-corrected chi connectivity index (χ3v) is 5.71. The lowest BCUT2D eigenvalue weighted by Gasteiger charge is -2.18. The Balaban J connectivity index is 0.000000414. The minimum atomic E-state index is -1.62. The fourth-order valence-electron chi connectivity index (χ4n) is 2.66. The topological polar surface area (TPSA) is 70.8 Å². The lowest BCUT2D eigenvalue weighted by atomic mass is 10.2. The van der Waals surface area contributed by atoms with Gasteiger partial charge in [-0.15, -0.1) is 0 Å². The van der Waals surface area contributed by atoms with Crippen LogP contribution >= 0.6 is 8.60 Å². The van der Waals surface area contributed by atoms with Gasteiger partial charge in [-0.25, -0.2) is 0 Å². The van der Waals surface area contributed by atoms with E-state index in [-0.39, 0.29) is 5.91 Å². The van der Waals surface area contributed by atoms with Gasteiger partial charge in [0.1, 0.15) is 17.2 Å². The average Bonchev–Trinajstić information content (AvgIpc) is 2.79. The highest BCUT2D eigenvalue weighted by atomic mass is 31.2. The Morgan fingerprint density at radius 1 is 0.667 bits per heavy atom. The van der Waals surface area contributed by atoms with Crippen molar-refractivity contribution >= 4 is 14.5 Å². The molecule has 0 saturated carbocycles. The van der Waals surface area contributed by atoms with Crippen LogP contribution in [-0.4, -0.2) is 5.91 Å². The Hall–Kier alpha value is -3.04. The summed E-state index contributed by atoms with van der Waals surface area (Å²) < 4.78 is 17.9. The summed E-state index contributed by atoms with van der Waals surface area (Å²) in [4.78, 5) is 10.1. The fourth-order valence-corrected chi connectivity index (χ4v) is 3.65. The first-order valence-electron chi connectivity index (χ1n) is 11.2. The van der Waals surface area contributed by atoms with E-state index in [0.29, 0.717) is 6.42 Å². The van der Waals surface area contributed by atoms with E-state index in [2.05, 4.69) is 6.92 Å². The van der Waals surface area contributed by atoms with Crippen LogP contribution in [0.25, 0.3) is 0 Å². The molecule has 0 radical (unpaired) electrons. The van der Waals surface area contributed by atoms with Gasteiger partial charge in [-0.1, -0.05) is 72.9 Å². The van der Waals surface area contributed by atoms with Gasteiger partial charge < -0.3 is 19.3 Å². The largest absolute Gasteiger partial charge is 0.530 e. The van der Waals surface area contributed by atoms with Crippen LogP contribution in [0.3, 0.4) is 0 Å². The number of benzene rings is 3. The molecule has 5 nitrogen and oxygen atoms in total. The zero-order valence-corrected chi connectivity index (χ0v) is 20.8. The van der Waals surface area contributed by atoms with Gasteiger partial charge in [0.15, 0.2) is 0 Å². The van der Waals surface area contributed by atoms with Gasteiger partial charge in [-0.3, -0.25) is 4.79 Å². The molecule has 1 amide bonds. The van der Waals surface area contributed by atoms with E-state index in [9.17, 15) is 4.79 Å². The number of carbonyl (C=O) groups is 1. The van der Waals surface area contributed by atoms with Crippen molar-refractivity contribution in [3.05, 3.63) is 89.5 Å². The van der Waals surface area contributed by atoms with Crippen molar-refractivity contribution in [1.82, 2.24) is 0 Å². The molecule has 0 atom stereocenters. The Labute approximate surface area is 198 Å². The maximum Gasteiger partial charge on any atom is 0.530 e. The number of primary amides is 1. The summed E-state index contributed by atoms with van der Waals surface area (Å²) >= 11 is 0. The molecule has 0 fully saturated rings. The van der Waals surface area contributed by atoms with Crippen LogP contribution in [-0.2, 0) is 4.79 Å². The molecule has 3 aromatic carbocycles. The summed E-state index contributed by atoms with van der Waals surface area (Å²) in [5.41, 5.74) is 8.42. The Bertz CT molecular complexity index is 844. The number of hydrogen-bond acceptors (Lipinski definition) is 4. The molecule has 0 aliphatic rings. The molecule has 3 aromatic rings. The van der Waals surface area contributed by atoms with E-state index in [1.165, 1.54) is 16.7 Å². The van der Waals surface area contributed by atoms with Gasteiger partial charge >= 0.3 is 8.60 Å². The summed E-state index contributed by atoms with van der Waals surface area (Å²) in [5.74, 6) is 1.97. The van der Waals surface area contributed by atoms with Gasteiger partial charge in [-0.05, 0) is 63.6 Å². The summed E-state index contributed by atoms with van der Waals surface area (Å²) in [5, 5.41) is 0. The van der Waals surface area contributed by atoms with Crippen molar-refractivity contribution in [2.75, 3.05) is 0 Å². The molecule has 3 rings (SSSR count). The lowest BCUT2D eigenvalue weighted by molar-refractivity contribution is -0.118. The second-order valence-corrected chi connectivity index (χ2v) is 8.85. The fraction of sp³-hybridized carbons (Fsp3) is 0.296. The van der Waals surface area contributed by atoms with Gasteiger partial charge in [0, 0.05) is 6.42 Å². The number of carbonyl (C=O) groups excluding carboxylic acids is 1. The summed E-state index contributed by atoms with van der Waals surface area (Å²) in [7, 11) is -1.62. The second kappa shape index (κ2) is 14.2. The molecule has 0 aliphatic heterocycles. The Morgan fingerprint density at radius 3 is 1.27 bits per heavy atom. The molecule has 0 unspecified atom stereocenters. The number of aryl methyl sites for hydroxylation is 3. The SMILES string of the molecule is CCCCCC(N)=O.Cc1ccc(OP(Oc2ccc(C)cc2)Oc2ccc(C)cc2)cc1. The highest BCUT2D eigenvalue weighted by Crippen LogP contribution is 2.42. The van der Waals surface area contributed by atoms with Crippen LogP contribution in [0.5, 0.6) is 17.2 Å². The van der Waals surface area contributed by atoms with E-state index in [1.807, 2.05) is 93.6 Å². The first-order chi connectivity index (χ1) is 15.9. The van der Waals surface area contributed by atoms with Crippen LogP contribution in [0.15, 0.2) is 72.8 Å². The molecular weight excluding hydrogens is 433 g/mol. The quantitative estimate of drug-likeness (QED) is 0.249. The second-order valence-electron chi connectivity index (χ2n) is 7.86. The predicted octanol–water partition coefficient (Wildman–Crippen LogP) is 7.43. The van der Waals surface area contributed by atoms with E-state index in [4.69, 9.17) is 19.3 Å². The third kappa shape index (κ3) is 10.9. The van der Waals surface area contributed by atoms with E-state index < -0.39 is 8.60 Å². The normalized spacial score (nSPS) is 10.2. The van der Waals surface area contributed by atoms with E-state index >= 15 is 0 Å². The molecule has 33 heavy (non-hydrogen) atoms. The number of nitrogens with two attached hydrogens (primary N) is 1. The number of hydrogen-bond donors (Lipinski definition) is 1. The molecule has 6 heteroatoms. The minimum Gasteiger partial charge on any atom is -0.409 e. The molecular formula is C27H34NO4P. The standard InChI is InChI=1S/C21H21O3P.C6H13NO/c1-16-4-10-19(11-5-16)22-25(23-20-12-6-17(2)7-13-20)24-21-14-8-18(3)9-15-21;1-2-3-4-5-6(7)8/h4-15H,1-3H3;2-5H2,1H3,(H2,7,8). The van der Waals surface area contributed by atoms with E-state index in [1.54, 1.807) is 0 Å². The van der Waals surface area contributed by atoms with Crippen molar-refractivity contribution in [3.63, 3.8) is 0 Å². The zero-order valence-electron chi connectivity index (χ0n) is 19.9. The highest BCUT2D eigenvalue weighted by molar-refractivity contribution is 7.43. The summed E-state index contributed by atoms with van der Waals surface area (Å²) in [6, 6.07) is 23.5. The Morgan fingerprint density at radius 2 is 1.00 bits per heavy atom. The van der Waals surface area contributed by atoms with Crippen LogP contribution in [0.1, 0.15) is 49.3 Å². The monoisotopic (exact) mass is 467 g/mol. The van der Waals surface area contributed by atoms with Crippen molar-refractivity contribution in [3.8, 4) is 17.2 Å². The minimum absolute atomic E-state index is 0.182. The first-order valence-corrected chi connectivity index (χ1v) is 12.3. The van der Waals surface area contributed by atoms with Gasteiger partial charge in [0.05, 0.1) is 0 Å². The third-order valence-electron chi connectivity index (χ3n) is 4.63. The number of unbranched alkanes of at least 4 members (excludes halogenated alkanes) is 2. The van der Waals surface area contributed by atoms with Crippen LogP contribution in [0.2, 0.25) is 0 Å². The first kappa shape index (κ1) is 26.2. The Kier molecular flexibility index (Phi) is 11.3. The van der Waals surface area contributed by atoms with Crippen LogP contribution in [0.4, 0.5) is 0 Å². The van der Waals surface area contributed by atoms with Crippen molar-refractivity contribution in [1.29, 1.82) is 0 Å². The molecule has 0 saturated heterocycles. The molecule has 0 heterocycles. The van der Waals surface area contributed by atoms with Gasteiger partial charge in [0.2, 0.25) is 5.91 Å². The number of rotatable bonds is 10. The van der Waals surface area contributed by atoms with Crippen LogP contribution in [0, 0.1) is 20.8 Å².